The number of hydrogen-bond acceptors (Lipinski definition) is 2. The molecule has 1 heterocycles. The number of aliphatic hydroxyl groups excluding tert-OH is 1. The Labute approximate surface area is 217 Å². The Morgan fingerprint density at radius 3 is 2.74 bits per heavy atom. The van der Waals surface area contributed by atoms with E-state index in [2.05, 4.69) is 77.8 Å². The number of aliphatic hydroxyl groups is 1. The number of rotatable bonds is 18. The lowest BCUT2D eigenvalue weighted by Gasteiger charge is -2.12. The molecule has 0 saturated carbocycles. The molecule has 0 bridgehead atoms. The summed E-state index contributed by atoms with van der Waals surface area (Å²) in [5, 5.41) is 8.93. The molecule has 1 aromatic heterocycles. The van der Waals surface area contributed by atoms with Crippen LogP contribution in [0.2, 0.25) is 0 Å². The fourth-order valence-corrected chi connectivity index (χ4v) is 3.96. The Bertz CT molecular complexity index is 844. The second-order valence-electron chi connectivity index (χ2n) is 8.51. The van der Waals surface area contributed by atoms with Crippen LogP contribution in [-0.4, -0.2) is 22.9 Å². The highest BCUT2D eigenvalue weighted by atomic mass is 79.9. The normalized spacial score (nSPS) is 12.2. The second kappa shape index (κ2) is 19.2. The SMILES string of the molecule is C=CC/C=C/C/C=C/CC(CCCCCc1cccc(OCCO)c1)n1cc[n+](CCC)c1.[Br-]. The van der Waals surface area contributed by atoms with Crippen molar-refractivity contribution in [2.24, 2.45) is 0 Å². The van der Waals surface area contributed by atoms with Crippen molar-refractivity contribution in [3.05, 3.63) is 85.5 Å². The molecule has 34 heavy (non-hydrogen) atoms. The van der Waals surface area contributed by atoms with Crippen LogP contribution in [0.25, 0.3) is 0 Å². The van der Waals surface area contributed by atoms with Crippen LogP contribution >= 0.6 is 0 Å². The van der Waals surface area contributed by atoms with Crippen molar-refractivity contribution < 1.29 is 31.4 Å². The summed E-state index contributed by atoms with van der Waals surface area (Å²) in [6, 6.07) is 8.75. The van der Waals surface area contributed by atoms with E-state index in [-0.39, 0.29) is 23.6 Å². The van der Waals surface area contributed by atoms with Gasteiger partial charge >= 0.3 is 0 Å². The first kappa shape index (κ1) is 29.9. The maximum atomic E-state index is 8.93. The highest BCUT2D eigenvalue weighted by Crippen LogP contribution is 2.21. The van der Waals surface area contributed by atoms with Gasteiger partial charge in [-0.25, -0.2) is 9.13 Å². The first-order valence-electron chi connectivity index (χ1n) is 12.6. The number of aromatic nitrogens is 2. The van der Waals surface area contributed by atoms with E-state index in [9.17, 15) is 0 Å². The van der Waals surface area contributed by atoms with Crippen LogP contribution in [0.4, 0.5) is 0 Å². The molecule has 1 atom stereocenters. The molecule has 0 aliphatic heterocycles. The van der Waals surface area contributed by atoms with E-state index in [1.807, 2.05) is 18.2 Å². The summed E-state index contributed by atoms with van der Waals surface area (Å²) in [5.41, 5.74) is 1.31. The van der Waals surface area contributed by atoms with Crippen molar-refractivity contribution in [2.45, 2.75) is 77.3 Å². The minimum absolute atomic E-state index is 0. The van der Waals surface area contributed by atoms with Crippen LogP contribution in [0.1, 0.15) is 69.9 Å². The molecule has 2 rings (SSSR count). The Hall–Kier alpha value is -2.11. The molecule has 1 N–H and O–H groups in total. The lowest BCUT2D eigenvalue weighted by Crippen LogP contribution is -3.00. The average molecular weight is 532 g/mol. The molecule has 0 fully saturated rings. The molecule has 0 saturated heterocycles. The number of imidazole rings is 1. The Kier molecular flexibility index (Phi) is 16.9. The van der Waals surface area contributed by atoms with Crippen LogP contribution in [0, 0.1) is 0 Å². The van der Waals surface area contributed by atoms with E-state index in [0.717, 1.165) is 44.4 Å². The van der Waals surface area contributed by atoms with Gasteiger partial charge in [0.25, 0.3) is 0 Å². The molecule has 2 aromatic rings. The predicted molar refractivity (Wildman–Crippen MR) is 137 cm³/mol. The van der Waals surface area contributed by atoms with Crippen molar-refractivity contribution in [1.29, 1.82) is 0 Å². The number of aryl methyl sites for hydroxylation is 2. The van der Waals surface area contributed by atoms with Gasteiger partial charge in [-0.05, 0) is 62.6 Å². The third-order valence-electron chi connectivity index (χ3n) is 5.69. The smallest absolute Gasteiger partial charge is 0.243 e. The summed E-state index contributed by atoms with van der Waals surface area (Å²) in [5.74, 6) is 0.848. The first-order chi connectivity index (χ1) is 16.3. The van der Waals surface area contributed by atoms with Gasteiger partial charge in [0.05, 0.1) is 13.2 Å². The number of unbranched alkanes of at least 4 members (excludes halogenated alkanes) is 2. The third-order valence-corrected chi connectivity index (χ3v) is 5.69. The Balaban J connectivity index is 0.00000578. The topological polar surface area (TPSA) is 38.3 Å². The molecule has 1 aromatic carbocycles. The predicted octanol–water partition coefficient (Wildman–Crippen LogP) is 3.37. The van der Waals surface area contributed by atoms with Gasteiger partial charge in [-0.1, -0.05) is 55.9 Å². The lowest BCUT2D eigenvalue weighted by atomic mass is 10.0. The third kappa shape index (κ3) is 12.4. The van der Waals surface area contributed by atoms with Crippen molar-refractivity contribution in [2.75, 3.05) is 13.2 Å². The Morgan fingerprint density at radius 2 is 1.94 bits per heavy atom. The van der Waals surface area contributed by atoms with Gasteiger partial charge in [-0.3, -0.25) is 0 Å². The maximum absolute atomic E-state index is 8.93. The molecule has 0 spiro atoms. The molecule has 1 unspecified atom stereocenters. The van der Waals surface area contributed by atoms with Crippen molar-refractivity contribution in [1.82, 2.24) is 4.57 Å². The zero-order valence-corrected chi connectivity index (χ0v) is 22.4. The summed E-state index contributed by atoms with van der Waals surface area (Å²) >= 11 is 0. The summed E-state index contributed by atoms with van der Waals surface area (Å²) < 4.78 is 10.2. The average Bonchev–Trinajstić information content (AvgIpc) is 3.29. The van der Waals surface area contributed by atoms with Gasteiger partial charge in [0, 0.05) is 6.42 Å². The van der Waals surface area contributed by atoms with Crippen LogP contribution in [0.15, 0.2) is 79.9 Å². The van der Waals surface area contributed by atoms with Gasteiger partial charge in [0.15, 0.2) is 0 Å². The van der Waals surface area contributed by atoms with Crippen LogP contribution < -0.4 is 26.3 Å². The standard InChI is InChI=1S/C29H43N2O2.BrH/c1-3-5-6-7-8-9-12-17-28(31-22-21-30(26-31)20-4-2)18-13-10-11-15-27-16-14-19-29(25-27)33-24-23-32;/h3,6-7,9,12,14,16,19,21-22,25-26,28,32H,1,4-5,8,10-11,13,15,17-18,20,23-24H2,2H3;1H/q+1;/p-1/b7-6+,12-9+;. The number of ether oxygens (including phenoxy) is 1. The molecule has 0 aliphatic rings. The molecule has 4 nitrogen and oxygen atoms in total. The number of hydrogen-bond donors (Lipinski definition) is 1. The number of halogens is 1. The minimum Gasteiger partial charge on any atom is -1.00 e. The number of nitrogens with zero attached hydrogens (tertiary/aromatic N) is 2. The summed E-state index contributed by atoms with van der Waals surface area (Å²) in [6.45, 7) is 7.44. The van der Waals surface area contributed by atoms with Gasteiger partial charge in [0.1, 0.15) is 30.8 Å². The molecule has 5 heteroatoms. The van der Waals surface area contributed by atoms with Crippen molar-refractivity contribution in [3.63, 3.8) is 0 Å². The highest BCUT2D eigenvalue weighted by Gasteiger charge is 2.15. The minimum atomic E-state index is 0. The van der Waals surface area contributed by atoms with Crippen molar-refractivity contribution >= 4 is 0 Å². The quantitative estimate of drug-likeness (QED) is 0.182. The van der Waals surface area contributed by atoms with E-state index in [1.54, 1.807) is 0 Å². The van der Waals surface area contributed by atoms with Crippen LogP contribution in [-0.2, 0) is 13.0 Å². The van der Waals surface area contributed by atoms with E-state index in [4.69, 9.17) is 9.84 Å². The molecular weight excluding hydrogens is 488 g/mol. The van der Waals surface area contributed by atoms with Gasteiger partial charge in [0.2, 0.25) is 6.33 Å². The van der Waals surface area contributed by atoms with Crippen LogP contribution in [0.3, 0.4) is 0 Å². The van der Waals surface area contributed by atoms with E-state index in [0.29, 0.717) is 12.6 Å². The second-order valence-corrected chi connectivity index (χ2v) is 8.51. The molecule has 0 amide bonds. The van der Waals surface area contributed by atoms with E-state index >= 15 is 0 Å². The molecule has 0 radical (unpaired) electrons. The van der Waals surface area contributed by atoms with E-state index in [1.165, 1.54) is 31.2 Å². The molecular formula is C29H43BrN2O2. The number of allylic oxidation sites excluding steroid dienone is 5. The van der Waals surface area contributed by atoms with Crippen LogP contribution in [0.5, 0.6) is 5.75 Å². The molecule has 188 valence electrons. The zero-order chi connectivity index (χ0) is 23.6. The largest absolute Gasteiger partial charge is 1.00 e. The lowest BCUT2D eigenvalue weighted by molar-refractivity contribution is -0.696. The number of benzene rings is 1. The highest BCUT2D eigenvalue weighted by molar-refractivity contribution is 5.28. The first-order valence-corrected chi connectivity index (χ1v) is 12.6. The molecule has 0 aliphatic carbocycles. The monoisotopic (exact) mass is 530 g/mol. The Morgan fingerprint density at radius 1 is 1.12 bits per heavy atom. The fourth-order valence-electron chi connectivity index (χ4n) is 3.96. The van der Waals surface area contributed by atoms with Gasteiger partial charge in [-0.15, -0.1) is 6.58 Å². The zero-order valence-electron chi connectivity index (χ0n) is 20.8. The van der Waals surface area contributed by atoms with Gasteiger partial charge in [-0.2, -0.15) is 0 Å². The summed E-state index contributed by atoms with van der Waals surface area (Å²) in [4.78, 5) is 0. The van der Waals surface area contributed by atoms with Gasteiger partial charge < -0.3 is 26.8 Å². The maximum Gasteiger partial charge on any atom is 0.243 e. The van der Waals surface area contributed by atoms with Crippen molar-refractivity contribution in [3.8, 4) is 5.75 Å². The fraction of sp³-hybridized carbons (Fsp3) is 0.483. The summed E-state index contributed by atoms with van der Waals surface area (Å²) in [7, 11) is 0. The van der Waals surface area contributed by atoms with E-state index < -0.39 is 0 Å². The summed E-state index contributed by atoms with van der Waals surface area (Å²) in [6.07, 6.45) is 27.7.